The highest BCUT2D eigenvalue weighted by Crippen LogP contribution is 2.18. The number of carbonyl (C=O) groups is 1. The van der Waals surface area contributed by atoms with Crippen molar-refractivity contribution in [2.75, 3.05) is 25.4 Å². The molecular weight excluding hydrogens is 299 g/mol. The van der Waals surface area contributed by atoms with Crippen LogP contribution in [0.4, 0.5) is 4.39 Å². The summed E-state index contributed by atoms with van der Waals surface area (Å²) in [6.45, 7) is 5.27. The molecule has 3 nitrogen and oxygen atoms in total. The van der Waals surface area contributed by atoms with Crippen LogP contribution in [-0.4, -0.2) is 42.2 Å². The molecular formula is C17H25FN2OS. The summed E-state index contributed by atoms with van der Waals surface area (Å²) in [4.78, 5) is 15.2. The molecule has 2 rings (SSSR count). The van der Waals surface area contributed by atoms with Gasteiger partial charge in [0.2, 0.25) is 5.91 Å². The van der Waals surface area contributed by atoms with Crippen LogP contribution >= 0.6 is 11.8 Å². The van der Waals surface area contributed by atoms with Gasteiger partial charge in [0.25, 0.3) is 0 Å². The van der Waals surface area contributed by atoms with E-state index in [2.05, 4.69) is 17.1 Å². The highest BCUT2D eigenvalue weighted by atomic mass is 32.2. The highest BCUT2D eigenvalue weighted by molar-refractivity contribution is 8.00. The fourth-order valence-electron chi connectivity index (χ4n) is 2.73. The Bertz CT molecular complexity index is 466. The van der Waals surface area contributed by atoms with Crippen LogP contribution in [0.15, 0.2) is 29.2 Å². The average molecular weight is 324 g/mol. The van der Waals surface area contributed by atoms with Crippen molar-refractivity contribution in [3.8, 4) is 0 Å². The van der Waals surface area contributed by atoms with Crippen molar-refractivity contribution < 1.29 is 9.18 Å². The van der Waals surface area contributed by atoms with Gasteiger partial charge in [-0.15, -0.1) is 11.8 Å². The molecule has 1 aromatic rings. The fraction of sp³-hybridized carbons (Fsp3) is 0.588. The lowest BCUT2D eigenvalue weighted by Crippen LogP contribution is -2.39. The molecule has 1 fully saturated rings. The van der Waals surface area contributed by atoms with Crippen LogP contribution in [0.3, 0.4) is 0 Å². The molecule has 0 aromatic heterocycles. The van der Waals surface area contributed by atoms with E-state index in [1.165, 1.54) is 49.7 Å². The van der Waals surface area contributed by atoms with Crippen LogP contribution in [0.1, 0.15) is 32.6 Å². The fourth-order valence-corrected chi connectivity index (χ4v) is 3.46. The first-order chi connectivity index (χ1) is 10.6. The number of hydrogen-bond acceptors (Lipinski definition) is 3. The van der Waals surface area contributed by atoms with Crippen molar-refractivity contribution in [2.24, 2.45) is 0 Å². The number of halogens is 1. The zero-order valence-corrected chi connectivity index (χ0v) is 14.0. The van der Waals surface area contributed by atoms with E-state index in [4.69, 9.17) is 0 Å². The molecule has 22 heavy (non-hydrogen) atoms. The van der Waals surface area contributed by atoms with Gasteiger partial charge in [0.1, 0.15) is 5.82 Å². The van der Waals surface area contributed by atoms with Gasteiger partial charge in [0.15, 0.2) is 0 Å². The van der Waals surface area contributed by atoms with E-state index >= 15 is 0 Å². The predicted octanol–water partition coefficient (Wildman–Crippen LogP) is 3.30. The molecule has 1 amide bonds. The molecule has 0 aliphatic carbocycles. The summed E-state index contributed by atoms with van der Waals surface area (Å²) >= 11 is 1.43. The topological polar surface area (TPSA) is 32.3 Å². The van der Waals surface area contributed by atoms with Gasteiger partial charge in [-0.05, 0) is 57.0 Å². The van der Waals surface area contributed by atoms with E-state index in [9.17, 15) is 9.18 Å². The number of nitrogens with one attached hydrogen (secondary N) is 1. The third-order valence-corrected chi connectivity index (χ3v) is 5.08. The lowest BCUT2D eigenvalue weighted by Gasteiger charge is -2.33. The Hall–Kier alpha value is -1.07. The lowest BCUT2D eigenvalue weighted by molar-refractivity contribution is -0.118. The number of amides is 1. The zero-order chi connectivity index (χ0) is 15.8. The summed E-state index contributed by atoms with van der Waals surface area (Å²) in [5, 5.41) is 2.96. The summed E-state index contributed by atoms with van der Waals surface area (Å²) in [7, 11) is 0. The number of nitrogens with zero attached hydrogens (tertiary/aromatic N) is 1. The standard InChI is InChI=1S/C17H25FN2OS/c1-14-5-2-3-11-20(14)12-4-10-19-17(21)13-22-16-8-6-15(18)7-9-16/h6-9,14H,2-5,10-13H2,1H3,(H,19,21)/t14-/m0/s1. The van der Waals surface area contributed by atoms with Gasteiger partial charge in [0, 0.05) is 24.0 Å². The lowest BCUT2D eigenvalue weighted by atomic mass is 10.0. The minimum atomic E-state index is -0.249. The van der Waals surface area contributed by atoms with E-state index in [-0.39, 0.29) is 11.7 Å². The van der Waals surface area contributed by atoms with Crippen molar-refractivity contribution in [1.29, 1.82) is 0 Å². The number of likely N-dealkylation sites (tertiary alicyclic amines) is 1. The molecule has 122 valence electrons. The largest absolute Gasteiger partial charge is 0.355 e. The predicted molar refractivity (Wildman–Crippen MR) is 89.6 cm³/mol. The van der Waals surface area contributed by atoms with Crippen LogP contribution in [-0.2, 0) is 4.79 Å². The average Bonchev–Trinajstić information content (AvgIpc) is 2.52. The SMILES string of the molecule is C[C@H]1CCCCN1CCCNC(=O)CSc1ccc(F)cc1. The van der Waals surface area contributed by atoms with Crippen molar-refractivity contribution in [1.82, 2.24) is 10.2 Å². The van der Waals surface area contributed by atoms with Crippen molar-refractivity contribution >= 4 is 17.7 Å². The maximum Gasteiger partial charge on any atom is 0.230 e. The van der Waals surface area contributed by atoms with Crippen LogP contribution < -0.4 is 5.32 Å². The van der Waals surface area contributed by atoms with Gasteiger partial charge >= 0.3 is 0 Å². The molecule has 1 aliphatic rings. The van der Waals surface area contributed by atoms with Gasteiger partial charge < -0.3 is 10.2 Å². The first-order valence-electron chi connectivity index (χ1n) is 8.04. The molecule has 0 saturated carbocycles. The molecule has 1 aromatic carbocycles. The number of benzene rings is 1. The summed E-state index contributed by atoms with van der Waals surface area (Å²) in [5.74, 6) is 0.174. The van der Waals surface area contributed by atoms with Crippen LogP contribution in [0.25, 0.3) is 0 Å². The Morgan fingerprint density at radius 3 is 2.86 bits per heavy atom. The normalized spacial score (nSPS) is 19.1. The molecule has 0 spiro atoms. The zero-order valence-electron chi connectivity index (χ0n) is 13.2. The minimum absolute atomic E-state index is 0.0426. The van der Waals surface area contributed by atoms with Crippen LogP contribution in [0.2, 0.25) is 0 Å². The molecule has 0 unspecified atom stereocenters. The van der Waals surface area contributed by atoms with Gasteiger partial charge in [-0.2, -0.15) is 0 Å². The van der Waals surface area contributed by atoms with Crippen LogP contribution in [0.5, 0.6) is 0 Å². The maximum absolute atomic E-state index is 12.8. The Labute approximate surface area is 136 Å². The van der Waals surface area contributed by atoms with Crippen LogP contribution in [0, 0.1) is 5.82 Å². The number of carbonyl (C=O) groups excluding carboxylic acids is 1. The third kappa shape index (κ3) is 5.97. The van der Waals surface area contributed by atoms with E-state index < -0.39 is 0 Å². The Kier molecular flexibility index (Phi) is 7.19. The second-order valence-corrected chi connectivity index (χ2v) is 6.88. The molecule has 1 aliphatic heterocycles. The number of hydrogen-bond donors (Lipinski definition) is 1. The van der Waals surface area contributed by atoms with Gasteiger partial charge in [-0.3, -0.25) is 4.79 Å². The van der Waals surface area contributed by atoms with E-state index in [0.29, 0.717) is 11.8 Å². The monoisotopic (exact) mass is 324 g/mol. The second kappa shape index (κ2) is 9.16. The van der Waals surface area contributed by atoms with Crippen molar-refractivity contribution in [2.45, 2.75) is 43.5 Å². The molecule has 5 heteroatoms. The second-order valence-electron chi connectivity index (χ2n) is 5.83. The number of rotatable bonds is 7. The number of piperidine rings is 1. The summed E-state index contributed by atoms with van der Waals surface area (Å²) in [6.07, 6.45) is 4.93. The Morgan fingerprint density at radius 1 is 1.36 bits per heavy atom. The smallest absolute Gasteiger partial charge is 0.230 e. The molecule has 1 saturated heterocycles. The van der Waals surface area contributed by atoms with Gasteiger partial charge in [-0.25, -0.2) is 4.39 Å². The molecule has 1 N–H and O–H groups in total. The van der Waals surface area contributed by atoms with Crippen molar-refractivity contribution in [3.63, 3.8) is 0 Å². The first kappa shape index (κ1) is 17.3. The molecule has 1 atom stereocenters. The molecule has 0 radical (unpaired) electrons. The van der Waals surface area contributed by atoms with E-state index in [1.807, 2.05) is 0 Å². The summed E-state index contributed by atoms with van der Waals surface area (Å²) in [6, 6.07) is 6.91. The van der Waals surface area contributed by atoms with Crippen molar-refractivity contribution in [3.05, 3.63) is 30.1 Å². The Balaban J connectivity index is 1.56. The molecule has 1 heterocycles. The Morgan fingerprint density at radius 2 is 2.14 bits per heavy atom. The number of thioether (sulfide) groups is 1. The summed E-state index contributed by atoms with van der Waals surface area (Å²) < 4.78 is 12.8. The third-order valence-electron chi connectivity index (χ3n) is 4.07. The van der Waals surface area contributed by atoms with Gasteiger partial charge in [0.05, 0.1) is 5.75 Å². The van der Waals surface area contributed by atoms with E-state index in [1.54, 1.807) is 12.1 Å². The van der Waals surface area contributed by atoms with E-state index in [0.717, 1.165) is 24.4 Å². The molecule has 0 bridgehead atoms. The highest BCUT2D eigenvalue weighted by Gasteiger charge is 2.17. The van der Waals surface area contributed by atoms with Gasteiger partial charge in [-0.1, -0.05) is 6.42 Å². The first-order valence-corrected chi connectivity index (χ1v) is 9.03. The summed E-state index contributed by atoms with van der Waals surface area (Å²) in [5.41, 5.74) is 0. The minimum Gasteiger partial charge on any atom is -0.355 e. The maximum atomic E-state index is 12.8. The quantitative estimate of drug-likeness (QED) is 0.617.